The molecule has 1 aromatic heterocycles. The molecule has 0 bridgehead atoms. The number of carbonyl (C=O) groups excluding carboxylic acids is 1. The maximum atomic E-state index is 11.6. The van der Waals surface area contributed by atoms with E-state index in [-0.39, 0.29) is 23.4 Å². The molecule has 1 heterocycles. The lowest BCUT2D eigenvalue weighted by Crippen LogP contribution is -2.41. The molecule has 6 heteroatoms. The minimum atomic E-state index is -0.815. The lowest BCUT2D eigenvalue weighted by atomic mass is 9.80. The molecule has 0 saturated carbocycles. The molecule has 1 amide bonds. The topological polar surface area (TPSA) is 103 Å². The number of benzene rings is 1. The number of carbonyl (C=O) groups is 1. The summed E-state index contributed by atoms with van der Waals surface area (Å²) in [6.45, 7) is 16.8. The van der Waals surface area contributed by atoms with Gasteiger partial charge in [0.05, 0.1) is 6.10 Å². The van der Waals surface area contributed by atoms with Gasteiger partial charge in [-0.1, -0.05) is 90.5 Å². The van der Waals surface area contributed by atoms with E-state index in [0.717, 1.165) is 23.8 Å². The molecular weight excluding hydrogens is 502 g/mol. The van der Waals surface area contributed by atoms with E-state index in [1.807, 2.05) is 51.1 Å². The maximum absolute atomic E-state index is 11.6. The van der Waals surface area contributed by atoms with E-state index in [1.54, 1.807) is 6.07 Å². The van der Waals surface area contributed by atoms with Crippen molar-refractivity contribution in [3.05, 3.63) is 76.2 Å². The molecule has 0 aliphatic heterocycles. The minimum Gasteiger partial charge on any atom is -0.445 e. The SMILES string of the molecule is CC/C=C\C(C)[C@H](OC(N)=O)[C@@H](C)[C@H](O)[C@@H](C)C/C(C)=C\[C@H](C)[C@@H](C)C(C)/C=C\c1ccc2oc(=O)ccc2c1. The summed E-state index contributed by atoms with van der Waals surface area (Å²) in [6.07, 6.45) is 10.4. The second kappa shape index (κ2) is 15.6. The zero-order valence-electron chi connectivity index (χ0n) is 25.5. The number of fused-ring (bicyclic) bond motifs is 1. The lowest BCUT2D eigenvalue weighted by molar-refractivity contribution is -0.0266. The Labute approximate surface area is 240 Å². The van der Waals surface area contributed by atoms with Crippen LogP contribution in [-0.2, 0) is 4.74 Å². The first-order valence-electron chi connectivity index (χ1n) is 14.5. The molecule has 2 aromatic rings. The smallest absolute Gasteiger partial charge is 0.404 e. The monoisotopic (exact) mass is 551 g/mol. The quantitative estimate of drug-likeness (QED) is 0.185. The van der Waals surface area contributed by atoms with Crippen LogP contribution in [0.15, 0.2) is 69.4 Å². The molecule has 2 rings (SSSR count). The summed E-state index contributed by atoms with van der Waals surface area (Å²) in [6, 6.07) is 9.04. The first kappa shape index (κ1) is 33.1. The number of hydrogen-bond donors (Lipinski definition) is 2. The van der Waals surface area contributed by atoms with Crippen LogP contribution in [0.5, 0.6) is 0 Å². The molecule has 8 atom stereocenters. The van der Waals surface area contributed by atoms with Crippen LogP contribution in [0.3, 0.4) is 0 Å². The van der Waals surface area contributed by atoms with E-state index in [1.165, 1.54) is 11.6 Å². The average molecular weight is 552 g/mol. The molecular formula is C34H49NO5. The molecule has 0 radical (unpaired) electrons. The fourth-order valence-corrected chi connectivity index (χ4v) is 5.41. The standard InChI is InChI=1S/C34H49NO5/c1-9-10-11-23(4)33(40-34(35)38)27(8)32(37)25(6)19-21(2)18-24(5)26(7)22(3)12-13-28-14-16-30-29(20-28)15-17-31(36)39-30/h10-18,20,22-27,32-33,37H,9,19H2,1-8H3,(H2,35,38)/b11-10-,13-12-,21-18-/t22?,23?,24-,25-,26-,27-,32+,33-/m0/s1. The number of primary amides is 1. The Bertz CT molecular complexity index is 1240. The Kier molecular flexibility index (Phi) is 12.9. The molecule has 220 valence electrons. The van der Waals surface area contributed by atoms with Gasteiger partial charge in [0.2, 0.25) is 0 Å². The molecule has 40 heavy (non-hydrogen) atoms. The Morgan fingerprint density at radius 2 is 1.70 bits per heavy atom. The van der Waals surface area contributed by atoms with Crippen molar-refractivity contribution in [3.63, 3.8) is 0 Å². The highest BCUT2D eigenvalue weighted by Gasteiger charge is 2.33. The third-order valence-corrected chi connectivity index (χ3v) is 8.17. The van der Waals surface area contributed by atoms with Crippen molar-refractivity contribution in [2.45, 2.75) is 80.4 Å². The fraction of sp³-hybridized carbons (Fsp3) is 0.529. The number of nitrogens with two attached hydrogens (primary N) is 1. The Morgan fingerprint density at radius 3 is 2.35 bits per heavy atom. The minimum absolute atomic E-state index is 0.00950. The van der Waals surface area contributed by atoms with Gasteiger partial charge in [-0.05, 0) is 67.2 Å². The fourth-order valence-electron chi connectivity index (χ4n) is 5.41. The number of aliphatic hydroxyl groups is 1. The predicted molar refractivity (Wildman–Crippen MR) is 165 cm³/mol. The molecule has 0 fully saturated rings. The molecule has 0 spiro atoms. The van der Waals surface area contributed by atoms with Crippen molar-refractivity contribution in [2.24, 2.45) is 41.2 Å². The molecule has 6 nitrogen and oxygen atoms in total. The van der Waals surface area contributed by atoms with Crippen molar-refractivity contribution in [3.8, 4) is 0 Å². The van der Waals surface area contributed by atoms with Gasteiger partial charge in [-0.25, -0.2) is 9.59 Å². The number of ether oxygens (including phenoxy) is 1. The van der Waals surface area contributed by atoms with Crippen LogP contribution < -0.4 is 11.4 Å². The largest absolute Gasteiger partial charge is 0.445 e. The summed E-state index contributed by atoms with van der Waals surface area (Å²) in [5.41, 5.74) is 7.89. The molecule has 2 unspecified atom stereocenters. The first-order valence-corrected chi connectivity index (χ1v) is 14.5. The summed E-state index contributed by atoms with van der Waals surface area (Å²) in [4.78, 5) is 23.0. The summed E-state index contributed by atoms with van der Waals surface area (Å²) >= 11 is 0. The summed E-state index contributed by atoms with van der Waals surface area (Å²) in [7, 11) is 0. The summed E-state index contributed by atoms with van der Waals surface area (Å²) in [5.74, 6) is 0.771. The van der Waals surface area contributed by atoms with Crippen LogP contribution in [-0.4, -0.2) is 23.4 Å². The van der Waals surface area contributed by atoms with Gasteiger partial charge in [-0.2, -0.15) is 0 Å². The van der Waals surface area contributed by atoms with E-state index in [2.05, 4.69) is 52.8 Å². The lowest BCUT2D eigenvalue weighted by Gasteiger charge is -2.33. The van der Waals surface area contributed by atoms with Crippen molar-refractivity contribution < 1.29 is 19.1 Å². The highest BCUT2D eigenvalue weighted by atomic mass is 16.6. The normalized spacial score (nSPS) is 18.8. The molecule has 0 aliphatic carbocycles. The Morgan fingerprint density at radius 1 is 1.00 bits per heavy atom. The van der Waals surface area contributed by atoms with Crippen LogP contribution >= 0.6 is 0 Å². The Balaban J connectivity index is 2.02. The van der Waals surface area contributed by atoms with Gasteiger partial charge in [0.1, 0.15) is 11.7 Å². The zero-order chi connectivity index (χ0) is 30.0. The third-order valence-electron chi connectivity index (χ3n) is 8.17. The molecule has 0 saturated heterocycles. The van der Waals surface area contributed by atoms with Crippen LogP contribution in [0.2, 0.25) is 0 Å². The van der Waals surface area contributed by atoms with E-state index in [4.69, 9.17) is 14.9 Å². The van der Waals surface area contributed by atoms with Gasteiger partial charge in [0, 0.05) is 23.3 Å². The van der Waals surface area contributed by atoms with Crippen molar-refractivity contribution in [2.75, 3.05) is 0 Å². The van der Waals surface area contributed by atoms with Crippen LogP contribution in [0.25, 0.3) is 17.0 Å². The predicted octanol–water partition coefficient (Wildman–Crippen LogP) is 7.75. The van der Waals surface area contributed by atoms with E-state index in [0.29, 0.717) is 23.3 Å². The summed E-state index contributed by atoms with van der Waals surface area (Å²) < 4.78 is 10.7. The van der Waals surface area contributed by atoms with Gasteiger partial charge in [-0.3, -0.25) is 0 Å². The van der Waals surface area contributed by atoms with Crippen molar-refractivity contribution in [1.82, 2.24) is 0 Å². The average Bonchev–Trinajstić information content (AvgIpc) is 2.91. The summed E-state index contributed by atoms with van der Waals surface area (Å²) in [5, 5.41) is 12.1. The van der Waals surface area contributed by atoms with Gasteiger partial charge >= 0.3 is 11.7 Å². The number of amides is 1. The molecule has 3 N–H and O–H groups in total. The number of allylic oxidation sites excluding steroid dienone is 4. The van der Waals surface area contributed by atoms with Crippen LogP contribution in [0.4, 0.5) is 4.79 Å². The Hall–Kier alpha value is -3.12. The van der Waals surface area contributed by atoms with Crippen LogP contribution in [0.1, 0.15) is 73.8 Å². The van der Waals surface area contributed by atoms with Gasteiger partial charge in [0.25, 0.3) is 0 Å². The number of rotatable bonds is 14. The van der Waals surface area contributed by atoms with Crippen LogP contribution in [0, 0.1) is 35.5 Å². The van der Waals surface area contributed by atoms with E-state index in [9.17, 15) is 14.7 Å². The molecule has 1 aromatic carbocycles. The van der Waals surface area contributed by atoms with Crippen molar-refractivity contribution >= 4 is 23.1 Å². The van der Waals surface area contributed by atoms with E-state index >= 15 is 0 Å². The second-order valence-electron chi connectivity index (χ2n) is 11.6. The van der Waals surface area contributed by atoms with Crippen molar-refractivity contribution in [1.29, 1.82) is 0 Å². The zero-order valence-corrected chi connectivity index (χ0v) is 25.5. The first-order chi connectivity index (χ1) is 18.8. The highest BCUT2D eigenvalue weighted by molar-refractivity contribution is 5.79. The maximum Gasteiger partial charge on any atom is 0.404 e. The third kappa shape index (κ3) is 9.81. The van der Waals surface area contributed by atoms with Gasteiger partial charge < -0.3 is 20.0 Å². The van der Waals surface area contributed by atoms with Gasteiger partial charge in [-0.15, -0.1) is 0 Å². The van der Waals surface area contributed by atoms with Gasteiger partial charge in [0.15, 0.2) is 0 Å². The molecule has 0 aliphatic rings. The van der Waals surface area contributed by atoms with E-state index < -0.39 is 18.3 Å². The number of hydrogen-bond acceptors (Lipinski definition) is 5. The second-order valence-corrected chi connectivity index (χ2v) is 11.6. The number of aliphatic hydroxyl groups excluding tert-OH is 1. The highest BCUT2D eigenvalue weighted by Crippen LogP contribution is 2.30.